The van der Waals surface area contributed by atoms with Crippen LogP contribution in [0.4, 0.5) is 5.82 Å². The Morgan fingerprint density at radius 1 is 1.47 bits per heavy atom. The van der Waals surface area contributed by atoms with Gasteiger partial charge in [0.2, 0.25) is 0 Å². The summed E-state index contributed by atoms with van der Waals surface area (Å²) < 4.78 is 1.40. The predicted molar refractivity (Wildman–Crippen MR) is 73.9 cm³/mol. The molecule has 0 bridgehead atoms. The van der Waals surface area contributed by atoms with Crippen LogP contribution in [-0.4, -0.2) is 38.0 Å². The number of rotatable bonds is 4. The summed E-state index contributed by atoms with van der Waals surface area (Å²) in [5, 5.41) is 6.39. The fourth-order valence-electron chi connectivity index (χ4n) is 2.75. The molecule has 1 saturated carbocycles. The van der Waals surface area contributed by atoms with Crippen LogP contribution >= 0.6 is 11.6 Å². The summed E-state index contributed by atoms with van der Waals surface area (Å²) in [6, 6.07) is 2.34. The minimum Gasteiger partial charge on any atom is -0.352 e. The van der Waals surface area contributed by atoms with E-state index in [4.69, 9.17) is 11.6 Å². The second kappa shape index (κ2) is 5.21. The first-order valence-corrected chi connectivity index (χ1v) is 7.08. The largest absolute Gasteiger partial charge is 0.352 e. The predicted octanol–water partition coefficient (Wildman–Crippen LogP) is 1.41. The lowest BCUT2D eigenvalue weighted by molar-refractivity contribution is 0.613. The number of fused-ring (bicyclic) bond motifs is 1. The monoisotopic (exact) mass is 281 g/mol. The lowest BCUT2D eigenvalue weighted by Crippen LogP contribution is -2.35. The van der Waals surface area contributed by atoms with Crippen molar-refractivity contribution in [2.75, 3.05) is 17.3 Å². The molecule has 0 unspecified atom stereocenters. The molecule has 1 aliphatic rings. The van der Waals surface area contributed by atoms with Gasteiger partial charge in [0.25, 0.3) is 0 Å². The van der Waals surface area contributed by atoms with E-state index in [2.05, 4.69) is 20.1 Å². The third-order valence-electron chi connectivity index (χ3n) is 3.68. The first kappa shape index (κ1) is 12.5. The number of halogens is 1. The average Bonchev–Trinajstić information content (AvgIpc) is 3.06. The molecule has 1 N–H and O–H groups in total. The van der Waals surface area contributed by atoms with Gasteiger partial charge in [-0.25, -0.2) is 19.3 Å². The van der Waals surface area contributed by atoms with Crippen molar-refractivity contribution in [3.05, 3.63) is 22.9 Å². The quantitative estimate of drug-likeness (QED) is 0.861. The molecule has 0 saturated heterocycles. The van der Waals surface area contributed by atoms with E-state index in [0.29, 0.717) is 17.6 Å². The molecule has 0 atom stereocenters. The zero-order valence-corrected chi connectivity index (χ0v) is 11.3. The van der Waals surface area contributed by atoms with E-state index >= 15 is 0 Å². The molecule has 2 aromatic heterocycles. The molecule has 0 amide bonds. The van der Waals surface area contributed by atoms with E-state index in [0.717, 1.165) is 12.4 Å². The van der Waals surface area contributed by atoms with Gasteiger partial charge in [-0.2, -0.15) is 5.10 Å². The maximum absolute atomic E-state index is 11.4. The van der Waals surface area contributed by atoms with Crippen molar-refractivity contribution in [1.82, 2.24) is 19.6 Å². The van der Waals surface area contributed by atoms with Gasteiger partial charge in [0, 0.05) is 24.5 Å². The van der Waals surface area contributed by atoms with Gasteiger partial charge in [0.05, 0.1) is 0 Å². The lowest BCUT2D eigenvalue weighted by atomic mass is 10.2. The molecule has 2 heterocycles. The van der Waals surface area contributed by atoms with Crippen LogP contribution in [0.3, 0.4) is 0 Å². The zero-order valence-electron chi connectivity index (χ0n) is 10.5. The number of aromatic nitrogens is 4. The number of hydrogen-bond donors (Lipinski definition) is 1. The van der Waals surface area contributed by atoms with Gasteiger partial charge in [-0.3, -0.25) is 0 Å². The Hall–Kier alpha value is -1.56. The minimum atomic E-state index is -0.265. The van der Waals surface area contributed by atoms with Crippen LogP contribution in [0.15, 0.2) is 17.2 Å². The zero-order chi connectivity index (χ0) is 13.2. The summed E-state index contributed by atoms with van der Waals surface area (Å²) in [4.78, 5) is 18.0. The standard InChI is InChI=1S/C12H16ClN5O/c13-5-6-17(9-3-1-2-4-9)10-7-11-15-16-12(19)18(11)8-14-10/h7-9H,1-6H2,(H,16,19). The van der Waals surface area contributed by atoms with Crippen molar-refractivity contribution in [3.63, 3.8) is 0 Å². The van der Waals surface area contributed by atoms with Gasteiger partial charge in [-0.1, -0.05) is 12.8 Å². The van der Waals surface area contributed by atoms with E-state index in [1.807, 2.05) is 6.07 Å². The summed E-state index contributed by atoms with van der Waals surface area (Å²) in [6.45, 7) is 0.768. The smallest absolute Gasteiger partial charge is 0.348 e. The molecule has 3 rings (SSSR count). The van der Waals surface area contributed by atoms with Crippen molar-refractivity contribution in [2.45, 2.75) is 31.7 Å². The molecule has 1 fully saturated rings. The van der Waals surface area contributed by atoms with Crippen molar-refractivity contribution in [1.29, 1.82) is 0 Å². The highest BCUT2D eigenvalue weighted by molar-refractivity contribution is 6.18. The number of aromatic amines is 1. The highest BCUT2D eigenvalue weighted by atomic mass is 35.5. The van der Waals surface area contributed by atoms with Crippen LogP contribution in [0, 0.1) is 0 Å². The Bertz CT molecular complexity index is 616. The van der Waals surface area contributed by atoms with Gasteiger partial charge in [-0.15, -0.1) is 11.6 Å². The molecular weight excluding hydrogens is 266 g/mol. The Kier molecular flexibility index (Phi) is 3.42. The molecule has 1 aliphatic carbocycles. The molecule has 0 aromatic carbocycles. The van der Waals surface area contributed by atoms with E-state index < -0.39 is 0 Å². The number of hydrogen-bond acceptors (Lipinski definition) is 4. The molecule has 0 aliphatic heterocycles. The van der Waals surface area contributed by atoms with Crippen LogP contribution in [0.1, 0.15) is 25.7 Å². The van der Waals surface area contributed by atoms with E-state index in [9.17, 15) is 4.79 Å². The molecule has 7 heteroatoms. The number of alkyl halides is 1. The fraction of sp³-hybridized carbons (Fsp3) is 0.583. The summed E-state index contributed by atoms with van der Waals surface area (Å²) in [5.41, 5.74) is 0.325. The third kappa shape index (κ3) is 2.32. The highest BCUT2D eigenvalue weighted by Crippen LogP contribution is 2.27. The number of H-pyrrole nitrogens is 1. The summed E-state index contributed by atoms with van der Waals surface area (Å²) in [6.07, 6.45) is 6.39. The van der Waals surface area contributed by atoms with Crippen molar-refractivity contribution in [3.8, 4) is 0 Å². The third-order valence-corrected chi connectivity index (χ3v) is 3.85. The summed E-state index contributed by atoms with van der Waals surface area (Å²) >= 11 is 5.90. The molecule has 6 nitrogen and oxygen atoms in total. The van der Waals surface area contributed by atoms with E-state index in [-0.39, 0.29) is 5.69 Å². The molecular formula is C12H16ClN5O. The van der Waals surface area contributed by atoms with Crippen molar-refractivity contribution < 1.29 is 0 Å². The molecule has 0 radical (unpaired) electrons. The average molecular weight is 282 g/mol. The second-order valence-corrected chi connectivity index (χ2v) is 5.20. The number of nitrogens with zero attached hydrogens (tertiary/aromatic N) is 4. The molecule has 102 valence electrons. The molecule has 19 heavy (non-hydrogen) atoms. The van der Waals surface area contributed by atoms with Gasteiger partial charge in [0.1, 0.15) is 12.1 Å². The van der Waals surface area contributed by atoms with Crippen LogP contribution in [0.25, 0.3) is 5.65 Å². The van der Waals surface area contributed by atoms with Crippen LogP contribution in [0.5, 0.6) is 0 Å². The maximum Gasteiger partial charge on any atom is 0.348 e. The Balaban J connectivity index is 1.96. The van der Waals surface area contributed by atoms with E-state index in [1.165, 1.54) is 36.4 Å². The second-order valence-electron chi connectivity index (χ2n) is 4.82. The summed E-state index contributed by atoms with van der Waals surface area (Å²) in [7, 11) is 0. The first-order valence-electron chi connectivity index (χ1n) is 6.55. The van der Waals surface area contributed by atoms with Crippen molar-refractivity contribution in [2.24, 2.45) is 0 Å². The fourth-order valence-corrected chi connectivity index (χ4v) is 2.93. The van der Waals surface area contributed by atoms with Gasteiger partial charge < -0.3 is 4.90 Å². The molecule has 0 spiro atoms. The van der Waals surface area contributed by atoms with Gasteiger partial charge in [0.15, 0.2) is 5.65 Å². The van der Waals surface area contributed by atoms with Crippen LogP contribution in [-0.2, 0) is 0 Å². The van der Waals surface area contributed by atoms with Crippen molar-refractivity contribution >= 4 is 23.1 Å². The highest BCUT2D eigenvalue weighted by Gasteiger charge is 2.23. The van der Waals surface area contributed by atoms with Gasteiger partial charge in [-0.05, 0) is 12.8 Å². The molecule has 2 aromatic rings. The summed E-state index contributed by atoms with van der Waals surface area (Å²) in [5.74, 6) is 1.41. The van der Waals surface area contributed by atoms with Crippen LogP contribution in [0.2, 0.25) is 0 Å². The lowest BCUT2D eigenvalue weighted by Gasteiger charge is -2.29. The van der Waals surface area contributed by atoms with Crippen LogP contribution < -0.4 is 10.6 Å². The van der Waals surface area contributed by atoms with E-state index in [1.54, 1.807) is 0 Å². The Morgan fingerprint density at radius 3 is 3.00 bits per heavy atom. The first-order chi connectivity index (χ1) is 9.29. The number of nitrogens with one attached hydrogen (secondary N) is 1. The SMILES string of the molecule is O=c1[nH]nc2cc(N(CCCl)C3CCCC3)ncn12. The number of anilines is 1. The maximum atomic E-state index is 11.4. The Morgan fingerprint density at radius 2 is 2.26 bits per heavy atom. The topological polar surface area (TPSA) is 66.3 Å². The normalized spacial score (nSPS) is 16.3. The Labute approximate surface area is 115 Å². The van der Waals surface area contributed by atoms with Gasteiger partial charge >= 0.3 is 5.69 Å². The minimum absolute atomic E-state index is 0.265.